The van der Waals surface area contributed by atoms with Crippen molar-refractivity contribution in [2.75, 3.05) is 13.2 Å². The first kappa shape index (κ1) is 19.7. The molecule has 0 saturated heterocycles. The van der Waals surface area contributed by atoms with E-state index in [4.69, 9.17) is 0 Å². The number of benzene rings is 1. The van der Waals surface area contributed by atoms with Crippen molar-refractivity contribution in [1.82, 2.24) is 15.5 Å². The zero-order chi connectivity index (χ0) is 20.2. The van der Waals surface area contributed by atoms with Gasteiger partial charge in [0.15, 0.2) is 0 Å². The lowest BCUT2D eigenvalue weighted by atomic mass is 9.80. The standard InChI is InChI=1S/C23H28FN3O2/c24-19-11-9-17(10-12-19)22-26-21(20-8-4-5-13-27(20)22)23(29)25-14-18(15-28)16-6-2-1-3-7-16/h4-5,8-13,16,18,22,26,28H,1-3,6-7,14-15H2,(H,25,29). The summed E-state index contributed by atoms with van der Waals surface area (Å²) >= 11 is 0. The molecule has 0 aromatic heterocycles. The highest BCUT2D eigenvalue weighted by molar-refractivity contribution is 5.94. The van der Waals surface area contributed by atoms with Crippen LogP contribution in [0.2, 0.25) is 0 Å². The van der Waals surface area contributed by atoms with E-state index in [1.807, 2.05) is 29.3 Å². The fourth-order valence-electron chi connectivity index (χ4n) is 4.54. The summed E-state index contributed by atoms with van der Waals surface area (Å²) in [4.78, 5) is 15.0. The Morgan fingerprint density at radius 3 is 2.69 bits per heavy atom. The topological polar surface area (TPSA) is 64.6 Å². The third-order valence-corrected chi connectivity index (χ3v) is 6.19. The number of halogens is 1. The third kappa shape index (κ3) is 4.22. The number of fused-ring (bicyclic) bond motifs is 1. The molecule has 2 atom stereocenters. The maximum Gasteiger partial charge on any atom is 0.269 e. The molecule has 5 nitrogen and oxygen atoms in total. The predicted molar refractivity (Wildman–Crippen MR) is 110 cm³/mol. The monoisotopic (exact) mass is 397 g/mol. The van der Waals surface area contributed by atoms with Gasteiger partial charge < -0.3 is 20.6 Å². The SMILES string of the molecule is O=C(NCC(CO)C1CCCCC1)C1=C2C=CC=CN2C(c2ccc(F)cc2)N1. The van der Waals surface area contributed by atoms with Gasteiger partial charge in [-0.1, -0.05) is 50.3 Å². The van der Waals surface area contributed by atoms with Crippen molar-refractivity contribution >= 4 is 5.91 Å². The smallest absolute Gasteiger partial charge is 0.269 e. The maximum absolute atomic E-state index is 13.3. The molecule has 1 saturated carbocycles. The van der Waals surface area contributed by atoms with Gasteiger partial charge in [-0.3, -0.25) is 4.79 Å². The van der Waals surface area contributed by atoms with Crippen molar-refractivity contribution in [2.24, 2.45) is 11.8 Å². The van der Waals surface area contributed by atoms with Gasteiger partial charge in [-0.15, -0.1) is 0 Å². The summed E-state index contributed by atoms with van der Waals surface area (Å²) in [5.74, 6) is 0.106. The summed E-state index contributed by atoms with van der Waals surface area (Å²) in [7, 11) is 0. The molecule has 1 amide bonds. The van der Waals surface area contributed by atoms with Gasteiger partial charge in [-0.25, -0.2) is 4.39 Å². The molecule has 154 valence electrons. The van der Waals surface area contributed by atoms with E-state index in [0.717, 1.165) is 24.1 Å². The molecule has 6 heteroatoms. The molecule has 1 aromatic carbocycles. The van der Waals surface area contributed by atoms with Gasteiger partial charge in [0.2, 0.25) is 0 Å². The van der Waals surface area contributed by atoms with Crippen LogP contribution in [0.4, 0.5) is 4.39 Å². The van der Waals surface area contributed by atoms with Crippen LogP contribution >= 0.6 is 0 Å². The highest BCUT2D eigenvalue weighted by atomic mass is 19.1. The van der Waals surface area contributed by atoms with Crippen LogP contribution in [-0.2, 0) is 4.79 Å². The minimum atomic E-state index is -0.287. The fourth-order valence-corrected chi connectivity index (χ4v) is 4.54. The molecule has 2 heterocycles. The van der Waals surface area contributed by atoms with Gasteiger partial charge in [0.1, 0.15) is 17.7 Å². The van der Waals surface area contributed by atoms with Crippen LogP contribution in [-0.4, -0.2) is 29.1 Å². The molecule has 1 aromatic rings. The van der Waals surface area contributed by atoms with E-state index in [1.54, 1.807) is 12.1 Å². The molecule has 3 aliphatic rings. The summed E-state index contributed by atoms with van der Waals surface area (Å²) in [5.41, 5.74) is 2.17. The Kier molecular flexibility index (Phi) is 6.00. The van der Waals surface area contributed by atoms with Gasteiger partial charge in [0, 0.05) is 25.3 Å². The molecular weight excluding hydrogens is 369 g/mol. The number of aliphatic hydroxyl groups excluding tert-OH is 1. The molecule has 0 spiro atoms. The van der Waals surface area contributed by atoms with E-state index in [1.165, 1.54) is 31.4 Å². The summed E-state index contributed by atoms with van der Waals surface area (Å²) in [5, 5.41) is 16.1. The number of hydrogen-bond donors (Lipinski definition) is 3. The van der Waals surface area contributed by atoms with Crippen molar-refractivity contribution in [3.63, 3.8) is 0 Å². The summed E-state index contributed by atoms with van der Waals surface area (Å²) in [6.45, 7) is 0.566. The first-order valence-electron chi connectivity index (χ1n) is 10.5. The molecule has 2 unspecified atom stereocenters. The fraction of sp³-hybridized carbons (Fsp3) is 0.435. The Bertz CT molecular complexity index is 825. The van der Waals surface area contributed by atoms with Gasteiger partial charge in [0.05, 0.1) is 5.70 Å². The van der Waals surface area contributed by atoms with Gasteiger partial charge in [-0.2, -0.15) is 0 Å². The van der Waals surface area contributed by atoms with Crippen LogP contribution in [0.25, 0.3) is 0 Å². The third-order valence-electron chi connectivity index (χ3n) is 6.19. The second kappa shape index (κ2) is 8.82. The number of amides is 1. The minimum absolute atomic E-state index is 0.0945. The van der Waals surface area contributed by atoms with E-state index >= 15 is 0 Å². The maximum atomic E-state index is 13.3. The lowest BCUT2D eigenvalue weighted by Gasteiger charge is -2.29. The van der Waals surface area contributed by atoms with Crippen LogP contribution < -0.4 is 10.6 Å². The van der Waals surface area contributed by atoms with Gasteiger partial charge in [-0.05, 0) is 35.8 Å². The number of rotatable bonds is 6. The first-order chi connectivity index (χ1) is 14.2. The van der Waals surface area contributed by atoms with Crippen LogP contribution in [0, 0.1) is 17.7 Å². The molecular formula is C23H28FN3O2. The lowest BCUT2D eigenvalue weighted by Crippen LogP contribution is -2.38. The Morgan fingerprint density at radius 1 is 1.21 bits per heavy atom. The molecule has 2 aliphatic heterocycles. The lowest BCUT2D eigenvalue weighted by molar-refractivity contribution is -0.118. The summed E-state index contributed by atoms with van der Waals surface area (Å²) in [6.07, 6.45) is 13.3. The van der Waals surface area contributed by atoms with Gasteiger partial charge >= 0.3 is 0 Å². The number of hydrogen-bond acceptors (Lipinski definition) is 4. The zero-order valence-corrected chi connectivity index (χ0v) is 16.5. The molecule has 29 heavy (non-hydrogen) atoms. The highest BCUT2D eigenvalue weighted by Crippen LogP contribution is 2.34. The molecule has 0 bridgehead atoms. The number of carbonyl (C=O) groups is 1. The number of aliphatic hydroxyl groups is 1. The first-order valence-corrected chi connectivity index (χ1v) is 10.5. The number of allylic oxidation sites excluding steroid dienone is 3. The second-order valence-corrected chi connectivity index (χ2v) is 8.02. The summed E-state index contributed by atoms with van der Waals surface area (Å²) in [6, 6.07) is 6.30. The predicted octanol–water partition coefficient (Wildman–Crippen LogP) is 3.33. The normalized spacial score (nSPS) is 22.4. The van der Waals surface area contributed by atoms with E-state index < -0.39 is 0 Å². The quantitative estimate of drug-likeness (QED) is 0.689. The molecule has 3 N–H and O–H groups in total. The van der Waals surface area contributed by atoms with E-state index in [9.17, 15) is 14.3 Å². The average molecular weight is 397 g/mol. The van der Waals surface area contributed by atoms with Crippen LogP contribution in [0.15, 0.2) is 60.1 Å². The Morgan fingerprint density at radius 2 is 1.97 bits per heavy atom. The van der Waals surface area contributed by atoms with Crippen LogP contribution in [0.3, 0.4) is 0 Å². The average Bonchev–Trinajstić information content (AvgIpc) is 3.15. The number of nitrogens with one attached hydrogen (secondary N) is 2. The van der Waals surface area contributed by atoms with E-state index in [-0.39, 0.29) is 30.4 Å². The van der Waals surface area contributed by atoms with Crippen LogP contribution in [0.5, 0.6) is 0 Å². The largest absolute Gasteiger partial charge is 0.396 e. The van der Waals surface area contributed by atoms with Crippen molar-refractivity contribution in [3.05, 3.63) is 71.5 Å². The number of nitrogens with zero attached hydrogens (tertiary/aromatic N) is 1. The molecule has 1 fully saturated rings. The second-order valence-electron chi connectivity index (χ2n) is 8.02. The van der Waals surface area contributed by atoms with Gasteiger partial charge in [0.25, 0.3) is 5.91 Å². The summed E-state index contributed by atoms with van der Waals surface area (Å²) < 4.78 is 13.3. The number of carbonyl (C=O) groups excluding carboxylic acids is 1. The van der Waals surface area contributed by atoms with E-state index in [0.29, 0.717) is 18.2 Å². The Labute approximate surface area is 171 Å². The Balaban J connectivity index is 1.46. The van der Waals surface area contributed by atoms with Crippen molar-refractivity contribution in [2.45, 2.75) is 38.3 Å². The van der Waals surface area contributed by atoms with E-state index in [2.05, 4.69) is 10.6 Å². The zero-order valence-electron chi connectivity index (χ0n) is 16.5. The van der Waals surface area contributed by atoms with Crippen molar-refractivity contribution < 1.29 is 14.3 Å². The molecule has 1 aliphatic carbocycles. The van der Waals surface area contributed by atoms with Crippen molar-refractivity contribution in [3.8, 4) is 0 Å². The van der Waals surface area contributed by atoms with Crippen molar-refractivity contribution in [1.29, 1.82) is 0 Å². The minimum Gasteiger partial charge on any atom is -0.396 e. The molecule has 0 radical (unpaired) electrons. The highest BCUT2D eigenvalue weighted by Gasteiger charge is 2.34. The molecule has 4 rings (SSSR count). The Hall–Kier alpha value is -2.60. The van der Waals surface area contributed by atoms with Crippen LogP contribution in [0.1, 0.15) is 43.8 Å².